The number of rotatable bonds is 7. The highest BCUT2D eigenvalue weighted by molar-refractivity contribution is 7.92. The van der Waals surface area contributed by atoms with Crippen molar-refractivity contribution in [3.63, 3.8) is 0 Å². The number of ether oxygens (including phenoxy) is 2. The maximum absolute atomic E-state index is 12.7. The van der Waals surface area contributed by atoms with Gasteiger partial charge in [-0.2, -0.15) is 0 Å². The highest BCUT2D eigenvalue weighted by atomic mass is 32.2. The van der Waals surface area contributed by atoms with Crippen molar-refractivity contribution >= 4 is 47.6 Å². The zero-order chi connectivity index (χ0) is 37.0. The van der Waals surface area contributed by atoms with Crippen LogP contribution in [0.1, 0.15) is 43.7 Å². The molecule has 274 valence electrons. The van der Waals surface area contributed by atoms with E-state index in [1.807, 2.05) is 36.4 Å². The Balaban J connectivity index is 0.000000156. The Hall–Kier alpha value is -4.52. The summed E-state index contributed by atoms with van der Waals surface area (Å²) < 4.78 is 60.8. The molecule has 0 spiro atoms. The first kappa shape index (κ1) is 38.7. The van der Waals surface area contributed by atoms with Gasteiger partial charge in [0, 0.05) is 60.6 Å². The maximum atomic E-state index is 12.7. The van der Waals surface area contributed by atoms with Gasteiger partial charge in [-0.25, -0.2) is 16.8 Å². The average Bonchev–Trinajstić information content (AvgIpc) is 4.02. The number of aliphatic hydroxyl groups is 1. The van der Waals surface area contributed by atoms with Gasteiger partial charge in [-0.15, -0.1) is 0 Å². The smallest absolute Gasteiger partial charge is 0.208 e. The molecule has 0 amide bonds. The van der Waals surface area contributed by atoms with Gasteiger partial charge in [0.25, 0.3) is 0 Å². The van der Waals surface area contributed by atoms with Gasteiger partial charge < -0.3 is 24.5 Å². The lowest BCUT2D eigenvalue weighted by Crippen LogP contribution is -2.01. The molecule has 3 N–H and O–H groups in total. The van der Waals surface area contributed by atoms with Gasteiger partial charge >= 0.3 is 0 Å². The van der Waals surface area contributed by atoms with Gasteiger partial charge in [0.15, 0.2) is 0 Å². The van der Waals surface area contributed by atoms with Gasteiger partial charge in [0.2, 0.25) is 19.7 Å². The second-order valence-corrected chi connectivity index (χ2v) is 16.3. The van der Waals surface area contributed by atoms with Crippen molar-refractivity contribution in [3.8, 4) is 0 Å². The molecule has 8 rings (SSSR count). The number of hydrogen-bond acceptors (Lipinski definition) is 7. The van der Waals surface area contributed by atoms with Crippen LogP contribution in [-0.4, -0.2) is 64.4 Å². The van der Waals surface area contributed by atoms with Crippen LogP contribution in [0.2, 0.25) is 0 Å². The van der Waals surface area contributed by atoms with Crippen molar-refractivity contribution in [2.75, 3.05) is 26.4 Å². The van der Waals surface area contributed by atoms with Crippen molar-refractivity contribution in [2.45, 2.75) is 64.7 Å². The number of aromatic nitrogens is 2. The fraction of sp³-hybridized carbons (Fsp3) is 0.268. The van der Waals surface area contributed by atoms with Crippen LogP contribution in [0.5, 0.6) is 0 Å². The topological polar surface area (TPSA) is 139 Å². The van der Waals surface area contributed by atoms with Gasteiger partial charge in [-0.05, 0) is 98.7 Å². The van der Waals surface area contributed by atoms with E-state index >= 15 is 0 Å². The molecular formula is C41H46N2O7S2. The van der Waals surface area contributed by atoms with Crippen LogP contribution in [0.25, 0.3) is 27.9 Å². The molecule has 2 aromatic heterocycles. The molecule has 4 aromatic carbocycles. The number of hydrogen-bond donors (Lipinski definition) is 3. The second-order valence-electron chi connectivity index (χ2n) is 12.4. The Morgan fingerprint density at radius 2 is 1.27 bits per heavy atom. The summed E-state index contributed by atoms with van der Waals surface area (Å²) in [5, 5.41) is 10.4. The molecule has 2 aliphatic rings. The third-order valence-electron chi connectivity index (χ3n) is 8.68. The lowest BCUT2D eigenvalue weighted by atomic mass is 10.1. The lowest BCUT2D eigenvalue weighted by molar-refractivity contribution is 0.125. The molecule has 2 saturated heterocycles. The largest absolute Gasteiger partial charge is 0.396 e. The first-order valence-corrected chi connectivity index (χ1v) is 20.4. The van der Waals surface area contributed by atoms with Crippen LogP contribution in [-0.2, 0) is 35.6 Å². The van der Waals surface area contributed by atoms with Crippen LogP contribution < -0.4 is 0 Å². The first-order chi connectivity index (χ1) is 25.1. The summed E-state index contributed by atoms with van der Waals surface area (Å²) in [5.41, 5.74) is 3.37. The number of H-pyrrole nitrogens is 2. The van der Waals surface area contributed by atoms with Crippen molar-refractivity contribution in [3.05, 3.63) is 127 Å². The summed E-state index contributed by atoms with van der Waals surface area (Å²) >= 11 is 0. The number of fused-ring (bicyclic) bond motifs is 2. The molecule has 2 fully saturated rings. The minimum absolute atomic E-state index is 0.0384. The van der Waals surface area contributed by atoms with Crippen LogP contribution in [0.4, 0.5) is 0 Å². The fourth-order valence-corrected chi connectivity index (χ4v) is 8.70. The molecule has 4 heterocycles. The predicted octanol–water partition coefficient (Wildman–Crippen LogP) is 8.16. The molecule has 6 aromatic rings. The second kappa shape index (κ2) is 18.3. The molecule has 1 unspecified atom stereocenters. The monoisotopic (exact) mass is 742 g/mol. The SMILES string of the molecule is C1CCOC1.C=Cc1ccc2[nH]cc(S(=O)(=O)c3ccccc3)c2c1.CC1CCCO1.O=S(=O)(c1ccccc1)c1c[nH]c2ccc(CCO)cc12. The molecule has 0 saturated carbocycles. The maximum Gasteiger partial charge on any atom is 0.208 e. The average molecular weight is 743 g/mol. The van der Waals surface area contributed by atoms with E-state index in [1.54, 1.807) is 72.9 Å². The summed E-state index contributed by atoms with van der Waals surface area (Å²) in [4.78, 5) is 7.13. The molecule has 2 aliphatic heterocycles. The van der Waals surface area contributed by atoms with Gasteiger partial charge in [-0.3, -0.25) is 0 Å². The highest BCUT2D eigenvalue weighted by Gasteiger charge is 2.22. The quantitative estimate of drug-likeness (QED) is 0.150. The van der Waals surface area contributed by atoms with E-state index in [2.05, 4.69) is 23.5 Å². The first-order valence-electron chi connectivity index (χ1n) is 17.4. The van der Waals surface area contributed by atoms with Crippen LogP contribution in [0, 0.1) is 0 Å². The Kier molecular flexibility index (Phi) is 13.6. The van der Waals surface area contributed by atoms with Crippen molar-refractivity contribution < 1.29 is 31.4 Å². The van der Waals surface area contributed by atoms with Crippen LogP contribution >= 0.6 is 0 Å². The summed E-state index contributed by atoms with van der Waals surface area (Å²) in [6, 6.07) is 27.9. The van der Waals surface area contributed by atoms with Crippen molar-refractivity contribution in [1.82, 2.24) is 9.97 Å². The zero-order valence-corrected chi connectivity index (χ0v) is 31.0. The summed E-state index contributed by atoms with van der Waals surface area (Å²) in [7, 11) is -7.06. The van der Waals surface area contributed by atoms with Gasteiger partial charge in [0.1, 0.15) is 0 Å². The molecule has 1 atom stereocenters. The summed E-state index contributed by atoms with van der Waals surface area (Å²) in [6.07, 6.45) is 10.9. The standard InChI is InChI=1S/C16H15NO3S.C16H13NO2S.C5H10O.C4H8O/c18-9-8-12-6-7-15-14(10-12)16(11-17-15)21(19,20)13-4-2-1-3-5-13;1-2-12-8-9-15-14(10-12)16(11-17-15)20(18,19)13-6-4-3-5-7-13;1-5-3-2-4-6-5;1-2-4-5-3-1/h1-7,10-11,17-18H,8-9H2;2-11,17H,1H2;5H,2-4H2,1H3;1-4H2. The van der Waals surface area contributed by atoms with E-state index in [4.69, 9.17) is 14.6 Å². The summed E-state index contributed by atoms with van der Waals surface area (Å²) in [5.74, 6) is 0. The fourth-order valence-electron chi connectivity index (χ4n) is 5.81. The van der Waals surface area contributed by atoms with Gasteiger partial charge in [-0.1, -0.05) is 61.2 Å². The number of sulfone groups is 2. The van der Waals surface area contributed by atoms with Crippen molar-refractivity contribution in [1.29, 1.82) is 0 Å². The Morgan fingerprint density at radius 1 is 0.731 bits per heavy atom. The molecule has 0 aliphatic carbocycles. The van der Waals surface area contributed by atoms with E-state index in [1.165, 1.54) is 31.9 Å². The molecular weight excluding hydrogens is 697 g/mol. The van der Waals surface area contributed by atoms with E-state index in [0.29, 0.717) is 33.1 Å². The number of benzene rings is 4. The number of nitrogens with one attached hydrogen (secondary N) is 2. The Labute approximate surface area is 306 Å². The normalized spacial score (nSPS) is 15.5. The van der Waals surface area contributed by atoms with E-state index in [9.17, 15) is 16.8 Å². The molecule has 9 nitrogen and oxygen atoms in total. The van der Waals surface area contributed by atoms with Crippen molar-refractivity contribution in [2.24, 2.45) is 0 Å². The molecule has 11 heteroatoms. The van der Waals surface area contributed by atoms with E-state index in [-0.39, 0.29) is 16.4 Å². The van der Waals surface area contributed by atoms with Crippen LogP contribution in [0.15, 0.2) is 136 Å². The minimum Gasteiger partial charge on any atom is -0.396 e. The third kappa shape index (κ3) is 9.67. The zero-order valence-electron chi connectivity index (χ0n) is 29.3. The Bertz CT molecular complexity index is 2250. The molecule has 0 radical (unpaired) electrons. The minimum atomic E-state index is -3.55. The van der Waals surface area contributed by atoms with Gasteiger partial charge in [0.05, 0.1) is 25.7 Å². The number of aromatic amines is 2. The highest BCUT2D eigenvalue weighted by Crippen LogP contribution is 2.30. The lowest BCUT2D eigenvalue weighted by Gasteiger charge is -2.04. The summed E-state index contributed by atoms with van der Waals surface area (Å²) in [6.45, 7) is 8.86. The van der Waals surface area contributed by atoms with Crippen LogP contribution in [0.3, 0.4) is 0 Å². The predicted molar refractivity (Wildman–Crippen MR) is 206 cm³/mol. The third-order valence-corrected chi connectivity index (χ3v) is 12.3. The van der Waals surface area contributed by atoms with E-state index < -0.39 is 19.7 Å². The Morgan fingerprint density at radius 3 is 1.69 bits per heavy atom. The molecule has 0 bridgehead atoms. The molecule has 52 heavy (non-hydrogen) atoms. The van der Waals surface area contributed by atoms with E-state index in [0.717, 1.165) is 42.0 Å². The number of aliphatic hydroxyl groups excluding tert-OH is 1.